The van der Waals surface area contributed by atoms with Crippen molar-refractivity contribution in [3.63, 3.8) is 0 Å². The van der Waals surface area contributed by atoms with Gasteiger partial charge in [-0.15, -0.1) is 11.3 Å². The minimum Gasteiger partial charge on any atom is -0.248 e. The van der Waals surface area contributed by atoms with Crippen molar-refractivity contribution < 1.29 is 0 Å². The molecule has 0 saturated carbocycles. The molecule has 1 spiro atoms. The minimum absolute atomic E-state index is 0.381. The van der Waals surface area contributed by atoms with Crippen molar-refractivity contribution in [2.45, 2.75) is 15.2 Å². The summed E-state index contributed by atoms with van der Waals surface area (Å²) in [4.78, 5) is 8.03. The Kier molecular flexibility index (Phi) is 6.34. The van der Waals surface area contributed by atoms with Gasteiger partial charge in [-0.3, -0.25) is 0 Å². The molecule has 7 aromatic carbocycles. The van der Waals surface area contributed by atoms with Gasteiger partial charge in [0.05, 0.1) is 16.8 Å². The lowest BCUT2D eigenvalue weighted by Crippen LogP contribution is -2.31. The maximum Gasteiger partial charge on any atom is 0.0735 e. The van der Waals surface area contributed by atoms with Crippen LogP contribution in [0.2, 0.25) is 0 Å². The van der Waals surface area contributed by atoms with Crippen molar-refractivity contribution in [2.24, 2.45) is 0 Å². The second kappa shape index (κ2) is 11.1. The Hall–Kier alpha value is -5.74. The topological polar surface area (TPSA) is 12.9 Å². The van der Waals surface area contributed by atoms with Crippen molar-refractivity contribution in [3.8, 4) is 44.8 Å². The Morgan fingerprint density at radius 3 is 1.73 bits per heavy atom. The number of benzene rings is 7. The van der Waals surface area contributed by atoms with Gasteiger partial charge < -0.3 is 0 Å². The monoisotopic (exact) mass is 683 g/mol. The molecule has 0 N–H and O–H groups in total. The van der Waals surface area contributed by atoms with Crippen molar-refractivity contribution in [1.82, 2.24) is 4.98 Å². The molecule has 1 aliphatic carbocycles. The molecule has 238 valence electrons. The van der Waals surface area contributed by atoms with Gasteiger partial charge in [0.2, 0.25) is 0 Å². The average molecular weight is 684 g/mol. The van der Waals surface area contributed by atoms with Gasteiger partial charge in [-0.1, -0.05) is 169 Å². The summed E-state index contributed by atoms with van der Waals surface area (Å²) in [6.07, 6.45) is 0. The summed E-state index contributed by atoms with van der Waals surface area (Å²) in [5.74, 6) is 0. The molecule has 0 atom stereocenters. The number of hydrogen-bond acceptors (Lipinski definition) is 3. The summed E-state index contributed by atoms with van der Waals surface area (Å²) < 4.78 is 2.62. The first kappa shape index (κ1) is 29.0. The van der Waals surface area contributed by atoms with E-state index >= 15 is 0 Å². The SMILES string of the molecule is c1ccc(-c2cc(-c3ccccc3)nc(-c3cccc4c3sc3c5c(ccc34)C3(c4ccccc4S5)c4ccccc4-c4ccccc43)c2)cc1. The number of aromatic nitrogens is 1. The fourth-order valence-corrected chi connectivity index (χ4v) is 11.3. The van der Waals surface area contributed by atoms with Crippen LogP contribution in [0.4, 0.5) is 0 Å². The van der Waals surface area contributed by atoms with Crippen molar-refractivity contribution in [2.75, 3.05) is 0 Å². The summed E-state index contributed by atoms with van der Waals surface area (Å²) >= 11 is 3.85. The molecule has 0 bridgehead atoms. The molecule has 0 fully saturated rings. The van der Waals surface area contributed by atoms with Crippen LogP contribution in [-0.4, -0.2) is 4.98 Å². The summed E-state index contributed by atoms with van der Waals surface area (Å²) in [5, 5.41) is 2.59. The zero-order chi connectivity index (χ0) is 33.5. The van der Waals surface area contributed by atoms with E-state index in [1.807, 2.05) is 23.1 Å². The number of nitrogens with zero attached hydrogens (tertiary/aromatic N) is 1. The fourth-order valence-electron chi connectivity index (χ4n) is 8.59. The van der Waals surface area contributed by atoms with Crippen molar-refractivity contribution in [1.29, 1.82) is 0 Å². The quantitative estimate of drug-likeness (QED) is 0.184. The molecule has 51 heavy (non-hydrogen) atoms. The lowest BCUT2D eigenvalue weighted by Gasteiger charge is -2.39. The number of fused-ring (bicyclic) bond motifs is 13. The molecule has 0 unspecified atom stereocenters. The fraction of sp³-hybridized carbons (Fsp3) is 0.0208. The third-order valence-corrected chi connectivity index (χ3v) is 13.4. The molecule has 0 amide bonds. The van der Waals surface area contributed by atoms with Gasteiger partial charge >= 0.3 is 0 Å². The lowest BCUT2D eigenvalue weighted by atomic mass is 9.67. The van der Waals surface area contributed by atoms with E-state index in [0.717, 1.165) is 17.0 Å². The second-order valence-corrected chi connectivity index (χ2v) is 15.5. The molecule has 11 rings (SSSR count). The highest BCUT2D eigenvalue weighted by molar-refractivity contribution is 8.00. The normalized spacial score (nSPS) is 13.6. The summed E-state index contributed by atoms with van der Waals surface area (Å²) in [7, 11) is 0. The highest BCUT2D eigenvalue weighted by Gasteiger charge is 2.50. The van der Waals surface area contributed by atoms with E-state index in [0.29, 0.717) is 0 Å². The smallest absolute Gasteiger partial charge is 0.0735 e. The van der Waals surface area contributed by atoms with Crippen LogP contribution < -0.4 is 0 Å². The van der Waals surface area contributed by atoms with Gasteiger partial charge in [-0.2, -0.15) is 0 Å². The minimum atomic E-state index is -0.381. The van der Waals surface area contributed by atoms with E-state index in [2.05, 4.69) is 176 Å². The van der Waals surface area contributed by atoms with E-state index in [-0.39, 0.29) is 5.41 Å². The first-order valence-corrected chi connectivity index (χ1v) is 19.0. The first-order valence-electron chi connectivity index (χ1n) is 17.4. The summed E-state index contributed by atoms with van der Waals surface area (Å²) in [6, 6.07) is 64.4. The molecule has 2 aromatic heterocycles. The van der Waals surface area contributed by atoms with Crippen LogP contribution in [-0.2, 0) is 5.41 Å². The second-order valence-electron chi connectivity index (χ2n) is 13.4. The molecule has 2 aliphatic rings. The van der Waals surface area contributed by atoms with Gasteiger partial charge in [0.15, 0.2) is 0 Å². The van der Waals surface area contributed by atoms with E-state index in [1.54, 1.807) is 0 Å². The number of hydrogen-bond donors (Lipinski definition) is 0. The Morgan fingerprint density at radius 2 is 0.980 bits per heavy atom. The van der Waals surface area contributed by atoms with E-state index in [4.69, 9.17) is 4.98 Å². The molecule has 0 radical (unpaired) electrons. The molecular weight excluding hydrogens is 655 g/mol. The molecule has 9 aromatic rings. The third kappa shape index (κ3) is 4.14. The van der Waals surface area contributed by atoms with Gasteiger partial charge in [-0.05, 0) is 62.7 Å². The average Bonchev–Trinajstić information content (AvgIpc) is 3.73. The molecule has 1 nitrogen and oxygen atoms in total. The van der Waals surface area contributed by atoms with E-state index < -0.39 is 0 Å². The van der Waals surface area contributed by atoms with Crippen LogP contribution in [0, 0.1) is 0 Å². The lowest BCUT2D eigenvalue weighted by molar-refractivity contribution is 0.726. The molecular formula is C48H29NS2. The van der Waals surface area contributed by atoms with Crippen LogP contribution in [0.15, 0.2) is 186 Å². The summed E-state index contributed by atoms with van der Waals surface area (Å²) in [5.41, 5.74) is 14.4. The third-order valence-electron chi connectivity index (χ3n) is 10.8. The van der Waals surface area contributed by atoms with Gasteiger partial charge in [0, 0.05) is 41.1 Å². The summed E-state index contributed by atoms with van der Waals surface area (Å²) in [6.45, 7) is 0. The van der Waals surface area contributed by atoms with E-state index in [1.165, 1.54) is 80.0 Å². The van der Waals surface area contributed by atoms with Gasteiger partial charge in [0.1, 0.15) is 0 Å². The van der Waals surface area contributed by atoms with Crippen molar-refractivity contribution >= 4 is 43.3 Å². The van der Waals surface area contributed by atoms with Crippen LogP contribution >= 0.6 is 23.1 Å². The Bertz CT molecular complexity index is 2730. The number of pyridine rings is 1. The first-order chi connectivity index (χ1) is 25.3. The van der Waals surface area contributed by atoms with Gasteiger partial charge in [-0.25, -0.2) is 4.98 Å². The van der Waals surface area contributed by atoms with Gasteiger partial charge in [0.25, 0.3) is 0 Å². The number of rotatable bonds is 3. The predicted octanol–water partition coefficient (Wildman–Crippen LogP) is 13.3. The Balaban J connectivity index is 1.19. The molecule has 3 heterocycles. The largest absolute Gasteiger partial charge is 0.248 e. The van der Waals surface area contributed by atoms with Crippen LogP contribution in [0.1, 0.15) is 22.3 Å². The van der Waals surface area contributed by atoms with E-state index in [9.17, 15) is 0 Å². The molecule has 3 heteroatoms. The van der Waals surface area contributed by atoms with Crippen LogP contribution in [0.25, 0.3) is 64.9 Å². The zero-order valence-electron chi connectivity index (χ0n) is 27.5. The predicted molar refractivity (Wildman–Crippen MR) is 215 cm³/mol. The maximum atomic E-state index is 5.35. The van der Waals surface area contributed by atoms with Crippen LogP contribution in [0.5, 0.6) is 0 Å². The molecule has 1 aliphatic heterocycles. The standard InChI is InChI=1S/C48H29NS2/c1-3-14-30(15-4-1)32-28-42(31-16-5-2-6-17-31)49-43(29-32)37-21-13-20-35-36-26-27-41-47(46(36)51-45(35)37)50-44-25-12-11-24-40(44)48(41)38-22-9-7-18-33(38)34-19-8-10-23-39(34)48/h1-29H. The maximum absolute atomic E-state index is 5.35. The highest BCUT2D eigenvalue weighted by atomic mass is 32.2. The van der Waals surface area contributed by atoms with Crippen LogP contribution in [0.3, 0.4) is 0 Å². The zero-order valence-corrected chi connectivity index (χ0v) is 29.1. The number of thiophene rings is 1. The molecule has 0 saturated heterocycles. The Labute approximate surface area is 304 Å². The van der Waals surface area contributed by atoms with Crippen molar-refractivity contribution in [3.05, 3.63) is 198 Å². The highest BCUT2D eigenvalue weighted by Crippen LogP contribution is 2.63. The Morgan fingerprint density at radius 1 is 0.392 bits per heavy atom.